The van der Waals surface area contributed by atoms with Crippen molar-refractivity contribution >= 4 is 30.4 Å². The van der Waals surface area contributed by atoms with Crippen LogP contribution in [0, 0.1) is 36.0 Å². The van der Waals surface area contributed by atoms with E-state index in [4.69, 9.17) is 3.32 Å². The van der Waals surface area contributed by atoms with Gasteiger partial charge in [-0.05, 0) is 0 Å². The van der Waals surface area contributed by atoms with Crippen molar-refractivity contribution in [2.75, 3.05) is 0 Å². The number of rotatable bonds is 4. The largest absolute Gasteiger partial charge is 0.147 e. The van der Waals surface area contributed by atoms with Gasteiger partial charge >= 0.3 is 201 Å². The van der Waals surface area contributed by atoms with Crippen LogP contribution in [0.4, 0.5) is 22.0 Å². The molecule has 0 bridgehead atoms. The van der Waals surface area contributed by atoms with E-state index in [1.54, 1.807) is 6.08 Å². The first kappa shape index (κ1) is 31.7. The van der Waals surface area contributed by atoms with E-state index in [1.165, 1.54) is 6.08 Å². The second-order valence-corrected chi connectivity index (χ2v) is 11.9. The van der Waals surface area contributed by atoms with E-state index >= 15 is 0 Å². The van der Waals surface area contributed by atoms with Crippen molar-refractivity contribution in [2.24, 2.45) is 0 Å². The molecule has 0 fully saturated rings. The van der Waals surface area contributed by atoms with E-state index in [2.05, 4.69) is 53.7 Å². The van der Waals surface area contributed by atoms with E-state index in [9.17, 15) is 22.0 Å². The molecule has 192 valence electrons. The molecule has 0 aliphatic heterocycles. The molecule has 1 nitrogen and oxygen atoms in total. The molecule has 0 radical (unpaired) electrons. The minimum atomic E-state index is -2.16. The predicted molar refractivity (Wildman–Crippen MR) is 131 cm³/mol. The Morgan fingerprint density at radius 2 is 1.17 bits per heavy atom. The van der Waals surface area contributed by atoms with E-state index < -0.39 is 54.2 Å². The Bertz CT molecular complexity index is 1110. The summed E-state index contributed by atoms with van der Waals surface area (Å²) in [6.07, 6.45) is 3.40. The van der Waals surface area contributed by atoms with Crippen LogP contribution in [0.2, 0.25) is 0 Å². The SMILES string of the molecule is Cc1cc(C(C)(C)C)c([O][Ti][C]2=C(c3c(F)c(F)c(F)c(F)c3F)C=CC2)c(C(C)(C)C)c1.Cl.Cl. The van der Waals surface area contributed by atoms with Gasteiger partial charge in [-0.15, -0.1) is 24.8 Å². The minimum Gasteiger partial charge on any atom is -0.147 e. The molecule has 0 N–H and O–H groups in total. The van der Waals surface area contributed by atoms with Crippen LogP contribution >= 0.6 is 24.8 Å². The van der Waals surface area contributed by atoms with Gasteiger partial charge in [-0.1, -0.05) is 0 Å². The summed E-state index contributed by atoms with van der Waals surface area (Å²) in [5.41, 5.74) is 1.81. The van der Waals surface area contributed by atoms with Gasteiger partial charge in [-0.3, -0.25) is 0 Å². The Morgan fingerprint density at radius 3 is 1.60 bits per heavy atom. The molecule has 0 unspecified atom stereocenters. The fourth-order valence-electron chi connectivity index (χ4n) is 3.79. The van der Waals surface area contributed by atoms with Gasteiger partial charge in [0.1, 0.15) is 0 Å². The summed E-state index contributed by atoms with van der Waals surface area (Å²) in [6.45, 7) is 14.5. The Labute approximate surface area is 225 Å². The van der Waals surface area contributed by atoms with Gasteiger partial charge in [0.2, 0.25) is 0 Å². The van der Waals surface area contributed by atoms with Crippen LogP contribution in [0.25, 0.3) is 5.57 Å². The Morgan fingerprint density at radius 1 is 0.743 bits per heavy atom. The van der Waals surface area contributed by atoms with Crippen molar-refractivity contribution in [1.29, 1.82) is 0 Å². The van der Waals surface area contributed by atoms with Crippen LogP contribution in [0.1, 0.15) is 70.2 Å². The molecule has 0 saturated heterocycles. The molecule has 2 aromatic rings. The Hall–Kier alpha value is -1.34. The topological polar surface area (TPSA) is 9.23 Å². The first-order valence-corrected chi connectivity index (χ1v) is 12.1. The molecule has 9 heteroatoms. The maximum absolute atomic E-state index is 14.5. The first-order valence-electron chi connectivity index (χ1n) is 10.6. The maximum Gasteiger partial charge on any atom is -0.147 e. The van der Waals surface area contributed by atoms with Gasteiger partial charge < -0.3 is 0 Å². The van der Waals surface area contributed by atoms with Gasteiger partial charge in [0.25, 0.3) is 0 Å². The van der Waals surface area contributed by atoms with Gasteiger partial charge in [-0.25, -0.2) is 0 Å². The zero-order valence-corrected chi connectivity index (χ0v) is 23.8. The standard InChI is InChI=1S/C15H24O.C11H4F5.2ClH.Ti/c1-10-8-11(14(2,3)4)13(16)12(9-10)15(5,6)7;12-7-6(5-3-1-2-4-5)8(13)10(15)11(16)9(7)14;;;/h8-9,16H,1-7H3;1,3H,2H2;2*1H;/q;;;;+1/p-1. The molecule has 0 saturated carbocycles. The van der Waals surface area contributed by atoms with Crippen molar-refractivity contribution in [3.05, 3.63) is 79.5 Å². The summed E-state index contributed by atoms with van der Waals surface area (Å²) >= 11 is -1.44. The molecule has 0 atom stereocenters. The molecule has 0 spiro atoms. The monoisotopic (exact) mass is 570 g/mol. The summed E-state index contributed by atoms with van der Waals surface area (Å²) in [5.74, 6) is -8.96. The Kier molecular flexibility index (Phi) is 10.3. The second kappa shape index (κ2) is 11.4. The fraction of sp³-hybridized carbons (Fsp3) is 0.385. The van der Waals surface area contributed by atoms with Crippen LogP contribution in [-0.4, -0.2) is 0 Å². The van der Waals surface area contributed by atoms with Gasteiger partial charge in [0, 0.05) is 0 Å². The van der Waals surface area contributed by atoms with Crippen LogP contribution < -0.4 is 3.32 Å². The van der Waals surface area contributed by atoms with E-state index in [1.807, 2.05) is 6.92 Å². The van der Waals surface area contributed by atoms with Crippen LogP contribution in [0.3, 0.4) is 0 Å². The number of benzene rings is 2. The number of aryl methyl sites for hydroxylation is 1. The fourth-order valence-corrected chi connectivity index (χ4v) is 5.29. The molecule has 0 aromatic heterocycles. The van der Waals surface area contributed by atoms with E-state index in [0.717, 1.165) is 22.4 Å². The summed E-state index contributed by atoms with van der Waals surface area (Å²) in [6, 6.07) is 4.14. The Balaban J connectivity index is 0.00000306. The van der Waals surface area contributed by atoms with Crippen molar-refractivity contribution in [1.82, 2.24) is 0 Å². The minimum absolute atomic E-state index is 0. The second-order valence-electron chi connectivity index (χ2n) is 10.3. The zero-order valence-electron chi connectivity index (χ0n) is 20.6. The van der Waals surface area contributed by atoms with Crippen molar-refractivity contribution in [2.45, 2.75) is 65.7 Å². The number of hydrogen-bond acceptors (Lipinski definition) is 1. The van der Waals surface area contributed by atoms with Crippen molar-refractivity contribution in [3.8, 4) is 5.75 Å². The molecule has 1 aliphatic rings. The third-order valence-electron chi connectivity index (χ3n) is 5.54. The summed E-state index contributed by atoms with van der Waals surface area (Å²) in [5, 5.41) is 0. The average molecular weight is 571 g/mol. The van der Waals surface area contributed by atoms with Gasteiger partial charge in [0.05, 0.1) is 0 Å². The van der Waals surface area contributed by atoms with Crippen molar-refractivity contribution in [3.63, 3.8) is 0 Å². The quantitative estimate of drug-likeness (QED) is 0.154. The van der Waals surface area contributed by atoms with Gasteiger partial charge in [-0.2, -0.15) is 0 Å². The normalized spacial score (nSPS) is 13.5. The van der Waals surface area contributed by atoms with E-state index in [0.29, 0.717) is 10.3 Å². The average Bonchev–Trinajstić information content (AvgIpc) is 3.16. The molecule has 1 aliphatic carbocycles. The van der Waals surface area contributed by atoms with Crippen molar-refractivity contribution < 1.29 is 44.8 Å². The van der Waals surface area contributed by atoms with Gasteiger partial charge in [0.15, 0.2) is 0 Å². The first-order chi connectivity index (χ1) is 15.1. The van der Waals surface area contributed by atoms with Crippen LogP contribution in [0.5, 0.6) is 5.75 Å². The summed E-state index contributed by atoms with van der Waals surface area (Å²) in [7, 11) is 0. The smallest absolute Gasteiger partial charge is 0.147 e. The van der Waals surface area contributed by atoms with Crippen LogP contribution in [0.15, 0.2) is 28.2 Å². The summed E-state index contributed by atoms with van der Waals surface area (Å²) in [4.78, 5) is 0. The van der Waals surface area contributed by atoms with Crippen LogP contribution in [-0.2, 0) is 30.4 Å². The summed E-state index contributed by atoms with van der Waals surface area (Å²) < 4.78 is 77.0. The number of allylic oxidation sites excluding steroid dienone is 4. The van der Waals surface area contributed by atoms with E-state index in [-0.39, 0.29) is 41.2 Å². The molecular formula is C26H29Cl2F5OTi. The molecule has 3 rings (SSSR count). The molecule has 0 heterocycles. The number of hydrogen-bond donors (Lipinski definition) is 0. The predicted octanol–water partition coefficient (Wildman–Crippen LogP) is 8.88. The zero-order chi connectivity index (χ0) is 24.9. The molecule has 2 aromatic carbocycles. The molecule has 0 amide bonds. The molecule has 35 heavy (non-hydrogen) atoms. The molecular weight excluding hydrogens is 542 g/mol. The third kappa shape index (κ3) is 6.33. The number of halogens is 7. The maximum atomic E-state index is 14.5. The third-order valence-corrected chi connectivity index (χ3v) is 7.14.